The Labute approximate surface area is 179 Å². The molecule has 4 nitrogen and oxygen atoms in total. The van der Waals surface area contributed by atoms with E-state index in [0.717, 1.165) is 32.1 Å². The molecule has 146 valence electrons. The van der Waals surface area contributed by atoms with Gasteiger partial charge in [0.2, 0.25) is 0 Å². The lowest BCUT2D eigenvalue weighted by molar-refractivity contribution is 0.0915. The summed E-state index contributed by atoms with van der Waals surface area (Å²) in [6.45, 7) is 7.44. The molecule has 1 aliphatic heterocycles. The molecule has 0 aliphatic carbocycles. The topological polar surface area (TPSA) is 45.7 Å². The normalized spacial score (nSPS) is 19.4. The maximum atomic E-state index is 5.99. The van der Waals surface area contributed by atoms with Gasteiger partial charge in [-0.2, -0.15) is 0 Å². The summed E-state index contributed by atoms with van der Waals surface area (Å²) in [5, 5.41) is 6.86. The number of aryl methyl sites for hydroxylation is 1. The van der Waals surface area contributed by atoms with Crippen LogP contribution < -0.4 is 10.6 Å². The maximum absolute atomic E-state index is 5.99. The molecular formula is C22H30IN3O. The Morgan fingerprint density at radius 3 is 2.56 bits per heavy atom. The van der Waals surface area contributed by atoms with Crippen molar-refractivity contribution in [3.63, 3.8) is 0 Å². The number of benzene rings is 2. The molecule has 0 aromatic heterocycles. The van der Waals surface area contributed by atoms with Gasteiger partial charge in [0.05, 0.1) is 12.6 Å². The largest absolute Gasteiger partial charge is 0.373 e. The van der Waals surface area contributed by atoms with Crippen LogP contribution in [-0.4, -0.2) is 25.7 Å². The van der Waals surface area contributed by atoms with Crippen LogP contribution in [0.25, 0.3) is 0 Å². The summed E-state index contributed by atoms with van der Waals surface area (Å²) in [7, 11) is 0. The Bertz CT molecular complexity index is 721. The smallest absolute Gasteiger partial charge is 0.191 e. The van der Waals surface area contributed by atoms with E-state index in [-0.39, 0.29) is 30.1 Å². The van der Waals surface area contributed by atoms with Crippen molar-refractivity contribution < 1.29 is 4.74 Å². The third kappa shape index (κ3) is 6.21. The minimum atomic E-state index is 0. The van der Waals surface area contributed by atoms with Crippen molar-refractivity contribution in [2.24, 2.45) is 10.9 Å². The number of halogens is 1. The number of aliphatic imine (C=N–C) groups is 1. The Morgan fingerprint density at radius 1 is 1.07 bits per heavy atom. The van der Waals surface area contributed by atoms with E-state index in [4.69, 9.17) is 9.73 Å². The summed E-state index contributed by atoms with van der Waals surface area (Å²) < 4.78 is 5.99. The van der Waals surface area contributed by atoms with Crippen LogP contribution in [0.2, 0.25) is 0 Å². The zero-order valence-corrected chi connectivity index (χ0v) is 18.5. The first kappa shape index (κ1) is 21.7. The predicted molar refractivity (Wildman–Crippen MR) is 123 cm³/mol. The lowest BCUT2D eigenvalue weighted by atomic mass is 9.95. The first-order chi connectivity index (χ1) is 12.8. The van der Waals surface area contributed by atoms with E-state index < -0.39 is 0 Å². The van der Waals surface area contributed by atoms with Crippen LogP contribution >= 0.6 is 24.0 Å². The van der Waals surface area contributed by atoms with Crippen molar-refractivity contribution in [2.75, 3.05) is 19.7 Å². The number of hydrogen-bond acceptors (Lipinski definition) is 2. The Morgan fingerprint density at radius 2 is 1.81 bits per heavy atom. The van der Waals surface area contributed by atoms with Crippen molar-refractivity contribution in [3.8, 4) is 0 Å². The molecule has 2 aromatic carbocycles. The van der Waals surface area contributed by atoms with E-state index in [1.165, 1.54) is 16.7 Å². The number of nitrogens with zero attached hydrogens (tertiary/aromatic N) is 1. The van der Waals surface area contributed by atoms with Crippen LogP contribution in [-0.2, 0) is 11.3 Å². The summed E-state index contributed by atoms with van der Waals surface area (Å²) in [6, 6.07) is 18.9. The van der Waals surface area contributed by atoms with Crippen LogP contribution in [0.4, 0.5) is 0 Å². The minimum absolute atomic E-state index is 0. The second-order valence-corrected chi connectivity index (χ2v) is 6.75. The number of nitrogens with one attached hydrogen (secondary N) is 2. The number of ether oxygens (including phenoxy) is 1. The molecule has 2 N–H and O–H groups in total. The molecule has 0 radical (unpaired) electrons. The van der Waals surface area contributed by atoms with Gasteiger partial charge in [-0.3, -0.25) is 0 Å². The highest BCUT2D eigenvalue weighted by molar-refractivity contribution is 14.0. The first-order valence-corrected chi connectivity index (χ1v) is 9.51. The second kappa shape index (κ2) is 11.3. The number of rotatable bonds is 6. The summed E-state index contributed by atoms with van der Waals surface area (Å²) in [5.74, 6) is 1.33. The zero-order valence-electron chi connectivity index (χ0n) is 16.2. The highest BCUT2D eigenvalue weighted by Gasteiger charge is 2.29. The van der Waals surface area contributed by atoms with Crippen LogP contribution in [0.1, 0.15) is 36.1 Å². The van der Waals surface area contributed by atoms with Gasteiger partial charge < -0.3 is 15.4 Å². The van der Waals surface area contributed by atoms with Gasteiger partial charge in [0.1, 0.15) is 0 Å². The SMILES string of the molecule is CCNC(=NCc1ccccc1C)NCC1CCOC1c1ccccc1.I. The van der Waals surface area contributed by atoms with Gasteiger partial charge in [-0.25, -0.2) is 4.99 Å². The van der Waals surface area contributed by atoms with E-state index in [1.54, 1.807) is 0 Å². The van der Waals surface area contributed by atoms with Crippen molar-refractivity contribution in [3.05, 3.63) is 71.3 Å². The monoisotopic (exact) mass is 479 g/mol. The number of hydrogen-bond donors (Lipinski definition) is 2. The van der Waals surface area contributed by atoms with Crippen LogP contribution in [0, 0.1) is 12.8 Å². The van der Waals surface area contributed by atoms with E-state index in [1.807, 2.05) is 6.07 Å². The molecule has 1 aliphatic rings. The Balaban J connectivity index is 0.00000261. The molecule has 1 heterocycles. The average molecular weight is 479 g/mol. The van der Waals surface area contributed by atoms with Crippen molar-refractivity contribution in [2.45, 2.75) is 32.9 Å². The van der Waals surface area contributed by atoms with Crippen LogP contribution in [0.15, 0.2) is 59.6 Å². The van der Waals surface area contributed by atoms with E-state index in [9.17, 15) is 0 Å². The fraction of sp³-hybridized carbons (Fsp3) is 0.409. The maximum Gasteiger partial charge on any atom is 0.191 e. The molecule has 5 heteroatoms. The van der Waals surface area contributed by atoms with E-state index >= 15 is 0 Å². The lowest BCUT2D eigenvalue weighted by Crippen LogP contribution is -2.40. The third-order valence-electron chi connectivity index (χ3n) is 4.89. The van der Waals surface area contributed by atoms with Gasteiger partial charge in [0, 0.05) is 25.6 Å². The van der Waals surface area contributed by atoms with Crippen LogP contribution in [0.5, 0.6) is 0 Å². The van der Waals surface area contributed by atoms with Gasteiger partial charge >= 0.3 is 0 Å². The van der Waals surface area contributed by atoms with Crippen molar-refractivity contribution in [1.29, 1.82) is 0 Å². The molecule has 0 amide bonds. The molecule has 0 saturated carbocycles. The molecule has 2 unspecified atom stereocenters. The molecule has 0 bridgehead atoms. The lowest BCUT2D eigenvalue weighted by Gasteiger charge is -2.21. The van der Waals surface area contributed by atoms with Gasteiger partial charge in [0.25, 0.3) is 0 Å². The van der Waals surface area contributed by atoms with Gasteiger partial charge in [0.15, 0.2) is 5.96 Å². The molecule has 2 aromatic rings. The number of guanidine groups is 1. The second-order valence-electron chi connectivity index (χ2n) is 6.75. The highest BCUT2D eigenvalue weighted by Crippen LogP contribution is 2.33. The molecule has 2 atom stereocenters. The van der Waals surface area contributed by atoms with Crippen molar-refractivity contribution in [1.82, 2.24) is 10.6 Å². The minimum Gasteiger partial charge on any atom is -0.373 e. The predicted octanol–water partition coefficient (Wildman–Crippen LogP) is 4.45. The molecule has 1 saturated heterocycles. The zero-order chi connectivity index (χ0) is 18.2. The fourth-order valence-electron chi connectivity index (χ4n) is 3.38. The Kier molecular flexibility index (Phi) is 9.07. The highest BCUT2D eigenvalue weighted by atomic mass is 127. The molecule has 1 fully saturated rings. The first-order valence-electron chi connectivity index (χ1n) is 9.51. The summed E-state index contributed by atoms with van der Waals surface area (Å²) in [6.07, 6.45) is 1.24. The standard InChI is InChI=1S/C22H29N3O.HI/c1-3-23-22(24-15-19-12-8-7-9-17(19)2)25-16-20-13-14-26-21(20)18-10-5-4-6-11-18;/h4-12,20-21H,3,13-16H2,1-2H3,(H2,23,24,25);1H. The quantitative estimate of drug-likeness (QED) is 0.366. The van der Waals surface area contributed by atoms with E-state index in [2.05, 4.69) is 73.0 Å². The average Bonchev–Trinajstić information content (AvgIpc) is 3.14. The molecule has 0 spiro atoms. The molecule has 27 heavy (non-hydrogen) atoms. The van der Waals surface area contributed by atoms with Crippen LogP contribution in [0.3, 0.4) is 0 Å². The van der Waals surface area contributed by atoms with E-state index in [0.29, 0.717) is 12.5 Å². The molecule has 3 rings (SSSR count). The molecular weight excluding hydrogens is 449 g/mol. The van der Waals surface area contributed by atoms with Crippen molar-refractivity contribution >= 4 is 29.9 Å². The third-order valence-corrected chi connectivity index (χ3v) is 4.89. The van der Waals surface area contributed by atoms with Gasteiger partial charge in [-0.15, -0.1) is 24.0 Å². The summed E-state index contributed by atoms with van der Waals surface area (Å²) in [5.41, 5.74) is 3.80. The fourth-order valence-corrected chi connectivity index (χ4v) is 3.38. The summed E-state index contributed by atoms with van der Waals surface area (Å²) in [4.78, 5) is 4.76. The Hall–Kier alpha value is -1.60. The van der Waals surface area contributed by atoms with Gasteiger partial charge in [-0.1, -0.05) is 54.6 Å². The van der Waals surface area contributed by atoms with Gasteiger partial charge in [-0.05, 0) is 37.0 Å². The summed E-state index contributed by atoms with van der Waals surface area (Å²) >= 11 is 0.